The molecule has 2 aliphatic rings. The number of hydrogen-bond donors (Lipinski definition) is 1. The van der Waals surface area contributed by atoms with Gasteiger partial charge in [-0.3, -0.25) is 0 Å². The molecule has 76 valence electrons. The minimum atomic E-state index is 0.357. The minimum absolute atomic E-state index is 0.357. The first-order chi connectivity index (χ1) is 6.06. The molecule has 0 aromatic carbocycles. The van der Waals surface area contributed by atoms with Crippen LogP contribution in [0, 0.1) is 11.3 Å². The third kappa shape index (κ3) is 1.32. The van der Waals surface area contributed by atoms with E-state index in [0.29, 0.717) is 11.0 Å². The molecule has 0 spiro atoms. The average molecular weight is 181 g/mol. The molecule has 13 heavy (non-hydrogen) atoms. The Kier molecular flexibility index (Phi) is 2.18. The maximum absolute atomic E-state index is 3.70. The van der Waals surface area contributed by atoms with Crippen molar-refractivity contribution in [1.29, 1.82) is 0 Å². The molecule has 0 amide bonds. The molecule has 1 N–H and O–H groups in total. The van der Waals surface area contributed by atoms with Gasteiger partial charge >= 0.3 is 0 Å². The predicted octanol–water partition coefficient (Wildman–Crippen LogP) is 2.95. The van der Waals surface area contributed by atoms with Crippen LogP contribution in [0.4, 0.5) is 0 Å². The lowest BCUT2D eigenvalue weighted by Gasteiger charge is -2.56. The zero-order valence-electron chi connectivity index (χ0n) is 9.32. The summed E-state index contributed by atoms with van der Waals surface area (Å²) in [6, 6.07) is 0. The van der Waals surface area contributed by atoms with Crippen molar-refractivity contribution in [3.63, 3.8) is 0 Å². The summed E-state index contributed by atoms with van der Waals surface area (Å²) >= 11 is 0. The third-order valence-corrected chi connectivity index (χ3v) is 4.89. The highest BCUT2D eigenvalue weighted by atomic mass is 15.0. The van der Waals surface area contributed by atoms with Gasteiger partial charge in [-0.05, 0) is 51.0 Å². The largest absolute Gasteiger partial charge is 0.311 e. The Morgan fingerprint density at radius 3 is 2.54 bits per heavy atom. The van der Waals surface area contributed by atoms with E-state index in [-0.39, 0.29) is 0 Å². The molecule has 0 radical (unpaired) electrons. The van der Waals surface area contributed by atoms with Crippen LogP contribution in [0.25, 0.3) is 0 Å². The predicted molar refractivity (Wildman–Crippen MR) is 56.8 cm³/mol. The number of hydrogen-bond acceptors (Lipinski definition) is 1. The smallest absolute Gasteiger partial charge is 0.0181 e. The summed E-state index contributed by atoms with van der Waals surface area (Å²) in [7, 11) is 0. The number of piperidine rings is 1. The number of fused-ring (bicyclic) bond motifs is 1. The Balaban J connectivity index is 2.24. The first-order valence-electron chi connectivity index (χ1n) is 5.81. The monoisotopic (exact) mass is 181 g/mol. The quantitative estimate of drug-likeness (QED) is 0.606. The van der Waals surface area contributed by atoms with Crippen LogP contribution in [0.5, 0.6) is 0 Å². The highest BCUT2D eigenvalue weighted by molar-refractivity contribution is 5.04. The van der Waals surface area contributed by atoms with Crippen LogP contribution in [-0.4, -0.2) is 12.1 Å². The Morgan fingerprint density at radius 2 is 1.85 bits per heavy atom. The summed E-state index contributed by atoms with van der Waals surface area (Å²) in [6.07, 6.45) is 7.22. The summed E-state index contributed by atoms with van der Waals surface area (Å²) in [4.78, 5) is 0. The van der Waals surface area contributed by atoms with Crippen molar-refractivity contribution in [2.75, 3.05) is 6.54 Å². The van der Waals surface area contributed by atoms with Crippen molar-refractivity contribution < 1.29 is 0 Å². The molecule has 1 saturated heterocycles. The fraction of sp³-hybridized carbons (Fsp3) is 1.00. The topological polar surface area (TPSA) is 12.0 Å². The minimum Gasteiger partial charge on any atom is -0.311 e. The van der Waals surface area contributed by atoms with Crippen LogP contribution in [0.2, 0.25) is 0 Å². The lowest BCUT2D eigenvalue weighted by Crippen LogP contribution is -2.61. The van der Waals surface area contributed by atoms with E-state index in [4.69, 9.17) is 0 Å². The Bertz CT molecular complexity index is 195. The summed E-state index contributed by atoms with van der Waals surface area (Å²) < 4.78 is 0. The number of rotatable bonds is 0. The van der Waals surface area contributed by atoms with Crippen molar-refractivity contribution in [2.24, 2.45) is 11.3 Å². The zero-order valence-corrected chi connectivity index (χ0v) is 9.32. The van der Waals surface area contributed by atoms with E-state index < -0.39 is 0 Å². The Hall–Kier alpha value is -0.0400. The highest BCUT2D eigenvalue weighted by Gasteiger charge is 2.49. The lowest BCUT2D eigenvalue weighted by molar-refractivity contribution is -0.0155. The molecular weight excluding hydrogens is 158 g/mol. The van der Waals surface area contributed by atoms with Crippen molar-refractivity contribution in [3.05, 3.63) is 0 Å². The molecule has 1 saturated carbocycles. The van der Waals surface area contributed by atoms with Crippen LogP contribution in [-0.2, 0) is 0 Å². The molecular formula is C12H23N. The van der Waals surface area contributed by atoms with E-state index in [9.17, 15) is 0 Å². The zero-order chi connectivity index (χ0) is 9.53. The molecule has 0 bridgehead atoms. The van der Waals surface area contributed by atoms with Crippen LogP contribution in [0.1, 0.15) is 52.9 Å². The summed E-state index contributed by atoms with van der Waals surface area (Å²) in [6.45, 7) is 8.52. The second kappa shape index (κ2) is 2.98. The molecule has 0 aromatic heterocycles. The molecule has 0 unspecified atom stereocenters. The van der Waals surface area contributed by atoms with E-state index >= 15 is 0 Å². The van der Waals surface area contributed by atoms with Crippen LogP contribution in [0.15, 0.2) is 0 Å². The highest BCUT2D eigenvalue weighted by Crippen LogP contribution is 2.51. The fourth-order valence-electron chi connectivity index (χ4n) is 3.45. The molecule has 0 aromatic rings. The lowest BCUT2D eigenvalue weighted by atomic mass is 9.56. The summed E-state index contributed by atoms with van der Waals surface area (Å²) in [5, 5.41) is 3.70. The van der Waals surface area contributed by atoms with Gasteiger partial charge in [-0.15, -0.1) is 0 Å². The van der Waals surface area contributed by atoms with Crippen molar-refractivity contribution in [3.8, 4) is 0 Å². The van der Waals surface area contributed by atoms with E-state index in [2.05, 4.69) is 26.1 Å². The van der Waals surface area contributed by atoms with Crippen molar-refractivity contribution >= 4 is 0 Å². The van der Waals surface area contributed by atoms with Gasteiger partial charge in [0.2, 0.25) is 0 Å². The fourth-order valence-corrected chi connectivity index (χ4v) is 3.45. The van der Waals surface area contributed by atoms with Gasteiger partial charge in [0.05, 0.1) is 0 Å². The van der Waals surface area contributed by atoms with E-state index in [1.54, 1.807) is 0 Å². The van der Waals surface area contributed by atoms with Gasteiger partial charge in [-0.25, -0.2) is 0 Å². The normalized spacial score (nSPS) is 44.1. The first kappa shape index (κ1) is 9.51. The van der Waals surface area contributed by atoms with Crippen LogP contribution >= 0.6 is 0 Å². The molecule has 1 aliphatic carbocycles. The second-order valence-electron chi connectivity index (χ2n) is 5.70. The van der Waals surface area contributed by atoms with Gasteiger partial charge in [0.1, 0.15) is 0 Å². The van der Waals surface area contributed by atoms with Crippen molar-refractivity contribution in [2.45, 2.75) is 58.4 Å². The molecule has 1 nitrogen and oxygen atoms in total. The summed E-state index contributed by atoms with van der Waals surface area (Å²) in [5.74, 6) is 0.984. The van der Waals surface area contributed by atoms with Gasteiger partial charge in [0, 0.05) is 5.54 Å². The molecule has 2 atom stereocenters. The maximum atomic E-state index is 3.70. The van der Waals surface area contributed by atoms with Gasteiger partial charge in [0.15, 0.2) is 0 Å². The summed E-state index contributed by atoms with van der Waals surface area (Å²) in [5.41, 5.74) is 0.917. The van der Waals surface area contributed by atoms with E-state index in [1.807, 2.05) is 0 Å². The Labute approximate surface area is 82.3 Å². The van der Waals surface area contributed by atoms with Gasteiger partial charge in [0.25, 0.3) is 0 Å². The van der Waals surface area contributed by atoms with Crippen molar-refractivity contribution in [1.82, 2.24) is 5.32 Å². The van der Waals surface area contributed by atoms with Gasteiger partial charge < -0.3 is 5.32 Å². The third-order valence-electron chi connectivity index (χ3n) is 4.89. The van der Waals surface area contributed by atoms with Crippen LogP contribution in [0.3, 0.4) is 0 Å². The second-order valence-corrected chi connectivity index (χ2v) is 5.70. The average Bonchev–Trinajstić information content (AvgIpc) is 2.06. The van der Waals surface area contributed by atoms with Gasteiger partial charge in [-0.1, -0.05) is 19.8 Å². The Morgan fingerprint density at radius 1 is 1.08 bits per heavy atom. The first-order valence-corrected chi connectivity index (χ1v) is 5.81. The molecule has 2 rings (SSSR count). The van der Waals surface area contributed by atoms with Crippen LogP contribution < -0.4 is 5.32 Å². The standard InChI is InChI=1S/C12H23N/c1-11(2)12(3)8-5-4-6-10(12)7-9-13-11/h10,13H,4-9H2,1-3H3/t10-,12+/m1/s1. The van der Waals surface area contributed by atoms with E-state index in [1.165, 1.54) is 38.6 Å². The maximum Gasteiger partial charge on any atom is 0.0181 e. The number of nitrogens with one attached hydrogen (secondary N) is 1. The molecule has 1 heterocycles. The molecule has 2 fully saturated rings. The van der Waals surface area contributed by atoms with Gasteiger partial charge in [-0.2, -0.15) is 0 Å². The van der Waals surface area contributed by atoms with E-state index in [0.717, 1.165) is 5.92 Å². The SMILES string of the molecule is CC1(C)NCC[C@H]2CCCC[C@@]21C. The molecule has 1 aliphatic heterocycles. The molecule has 1 heteroatoms.